The van der Waals surface area contributed by atoms with Crippen molar-refractivity contribution in [3.63, 3.8) is 0 Å². The maximum absolute atomic E-state index is 10.8. The molecule has 0 aliphatic heterocycles. The van der Waals surface area contributed by atoms with E-state index in [4.69, 9.17) is 9.84 Å². The number of benzene rings is 1. The molecule has 0 spiro atoms. The summed E-state index contributed by atoms with van der Waals surface area (Å²) in [6, 6.07) is 6.58. The number of hydrogen-bond acceptors (Lipinski definition) is 2. The van der Waals surface area contributed by atoms with Crippen LogP contribution in [-0.2, 0) is 0 Å². The van der Waals surface area contributed by atoms with Gasteiger partial charge in [0.05, 0.1) is 0 Å². The van der Waals surface area contributed by atoms with Gasteiger partial charge in [-0.15, -0.1) is 0 Å². The zero-order valence-electron chi connectivity index (χ0n) is 8.02. The molecule has 1 aromatic rings. The van der Waals surface area contributed by atoms with Crippen molar-refractivity contribution < 1.29 is 14.6 Å². The Morgan fingerprint density at radius 1 is 1.40 bits per heavy atom. The largest absolute Gasteiger partial charge is 0.489 e. The second kappa shape index (κ2) is 6.24. The number of halogens is 1. The standard InChI is InChI=1S/C11H11BrO3/c12-7-3-4-8-15-10-6-2-1-5-9(10)11(13)14/h1-6H,7-8H2,(H,13,14). The Morgan fingerprint density at radius 2 is 2.13 bits per heavy atom. The van der Waals surface area contributed by atoms with E-state index in [0.717, 1.165) is 5.33 Å². The van der Waals surface area contributed by atoms with Crippen molar-refractivity contribution in [2.24, 2.45) is 0 Å². The Morgan fingerprint density at radius 3 is 2.80 bits per heavy atom. The minimum absolute atomic E-state index is 0.185. The minimum Gasteiger partial charge on any atom is -0.489 e. The average Bonchev–Trinajstić information content (AvgIpc) is 2.25. The summed E-state index contributed by atoms with van der Waals surface area (Å²) < 4.78 is 5.31. The first kappa shape index (κ1) is 11.8. The molecule has 0 aliphatic rings. The normalized spacial score (nSPS) is 10.5. The molecule has 0 atom stereocenters. The number of rotatable bonds is 5. The highest BCUT2D eigenvalue weighted by molar-refractivity contribution is 9.09. The van der Waals surface area contributed by atoms with Gasteiger partial charge < -0.3 is 9.84 Å². The zero-order valence-corrected chi connectivity index (χ0v) is 9.61. The van der Waals surface area contributed by atoms with Crippen molar-refractivity contribution in [2.75, 3.05) is 11.9 Å². The van der Waals surface area contributed by atoms with E-state index < -0.39 is 5.97 Å². The Bertz CT molecular complexity index is 361. The van der Waals surface area contributed by atoms with Gasteiger partial charge >= 0.3 is 5.97 Å². The number of allylic oxidation sites excluding steroid dienone is 1. The van der Waals surface area contributed by atoms with E-state index in [9.17, 15) is 4.79 Å². The van der Waals surface area contributed by atoms with Gasteiger partial charge in [0.1, 0.15) is 17.9 Å². The molecule has 4 heteroatoms. The van der Waals surface area contributed by atoms with Crippen LogP contribution in [-0.4, -0.2) is 23.0 Å². The summed E-state index contributed by atoms with van der Waals surface area (Å²) in [5, 5.41) is 9.62. The number of carboxylic acids is 1. The van der Waals surface area contributed by atoms with E-state index in [1.807, 2.05) is 12.2 Å². The first-order valence-corrected chi connectivity index (χ1v) is 5.54. The first-order valence-electron chi connectivity index (χ1n) is 4.41. The van der Waals surface area contributed by atoms with E-state index in [2.05, 4.69) is 15.9 Å². The lowest BCUT2D eigenvalue weighted by Crippen LogP contribution is -2.02. The summed E-state index contributed by atoms with van der Waals surface area (Å²) in [7, 11) is 0. The van der Waals surface area contributed by atoms with Gasteiger partial charge in [0.15, 0.2) is 0 Å². The zero-order chi connectivity index (χ0) is 11.1. The molecule has 0 aromatic heterocycles. The predicted molar refractivity (Wildman–Crippen MR) is 61.8 cm³/mol. The highest BCUT2D eigenvalue weighted by Gasteiger charge is 2.08. The SMILES string of the molecule is O=C(O)c1ccccc1OCC=CCBr. The molecule has 1 N–H and O–H groups in total. The highest BCUT2D eigenvalue weighted by atomic mass is 79.9. The van der Waals surface area contributed by atoms with Crippen LogP contribution < -0.4 is 4.74 Å². The Kier molecular flexibility index (Phi) is 4.90. The van der Waals surface area contributed by atoms with Crippen LogP contribution in [0.25, 0.3) is 0 Å². The fraction of sp³-hybridized carbons (Fsp3) is 0.182. The summed E-state index contributed by atoms with van der Waals surface area (Å²) in [6.07, 6.45) is 3.72. The van der Waals surface area contributed by atoms with Crippen LogP contribution in [0.2, 0.25) is 0 Å². The minimum atomic E-state index is -0.977. The van der Waals surface area contributed by atoms with Crippen molar-refractivity contribution in [3.05, 3.63) is 42.0 Å². The molecule has 80 valence electrons. The second-order valence-corrected chi connectivity index (χ2v) is 3.39. The number of carboxylic acid groups (broad SMARTS) is 1. The van der Waals surface area contributed by atoms with Gasteiger partial charge in [0.25, 0.3) is 0 Å². The van der Waals surface area contributed by atoms with Crippen LogP contribution in [0.1, 0.15) is 10.4 Å². The Balaban J connectivity index is 2.67. The van der Waals surface area contributed by atoms with Crippen LogP contribution >= 0.6 is 15.9 Å². The van der Waals surface area contributed by atoms with E-state index in [1.54, 1.807) is 18.2 Å². The third-order valence-electron chi connectivity index (χ3n) is 1.71. The molecule has 3 nitrogen and oxygen atoms in total. The molecule has 0 saturated carbocycles. The fourth-order valence-corrected chi connectivity index (χ4v) is 1.30. The number of alkyl halides is 1. The smallest absolute Gasteiger partial charge is 0.339 e. The third kappa shape index (κ3) is 3.75. The fourth-order valence-electron chi connectivity index (χ4n) is 1.04. The maximum atomic E-state index is 10.8. The summed E-state index contributed by atoms with van der Waals surface area (Å²) >= 11 is 3.24. The number of para-hydroxylation sites is 1. The molecule has 15 heavy (non-hydrogen) atoms. The average molecular weight is 271 g/mol. The van der Waals surface area contributed by atoms with Crippen molar-refractivity contribution >= 4 is 21.9 Å². The molecule has 0 fully saturated rings. The van der Waals surface area contributed by atoms with Gasteiger partial charge in [0, 0.05) is 5.33 Å². The molecule has 0 amide bonds. The van der Waals surface area contributed by atoms with Gasteiger partial charge in [-0.2, -0.15) is 0 Å². The van der Waals surface area contributed by atoms with Crippen LogP contribution in [0.3, 0.4) is 0 Å². The summed E-state index contributed by atoms with van der Waals surface area (Å²) in [5.41, 5.74) is 0.185. The molecule has 0 radical (unpaired) electrons. The lowest BCUT2D eigenvalue weighted by molar-refractivity contribution is 0.0693. The quantitative estimate of drug-likeness (QED) is 0.661. The van der Waals surface area contributed by atoms with Crippen LogP contribution in [0.15, 0.2) is 36.4 Å². The van der Waals surface area contributed by atoms with Gasteiger partial charge in [-0.3, -0.25) is 0 Å². The van der Waals surface area contributed by atoms with Gasteiger partial charge in [-0.1, -0.05) is 40.2 Å². The molecule has 0 aliphatic carbocycles. The van der Waals surface area contributed by atoms with Gasteiger partial charge in [0.2, 0.25) is 0 Å². The predicted octanol–water partition coefficient (Wildman–Crippen LogP) is 2.71. The van der Waals surface area contributed by atoms with E-state index >= 15 is 0 Å². The van der Waals surface area contributed by atoms with E-state index in [1.165, 1.54) is 6.07 Å². The summed E-state index contributed by atoms with van der Waals surface area (Å²) in [5.74, 6) is -0.584. The molecule has 1 aromatic carbocycles. The molecule has 0 heterocycles. The number of hydrogen-bond donors (Lipinski definition) is 1. The Hall–Kier alpha value is -1.29. The van der Waals surface area contributed by atoms with Crippen LogP contribution in [0.5, 0.6) is 5.75 Å². The van der Waals surface area contributed by atoms with E-state index in [0.29, 0.717) is 12.4 Å². The molecular formula is C11H11BrO3. The maximum Gasteiger partial charge on any atom is 0.339 e. The topological polar surface area (TPSA) is 46.5 Å². The monoisotopic (exact) mass is 270 g/mol. The van der Waals surface area contributed by atoms with Crippen molar-refractivity contribution in [1.82, 2.24) is 0 Å². The lowest BCUT2D eigenvalue weighted by atomic mass is 10.2. The van der Waals surface area contributed by atoms with Crippen molar-refractivity contribution in [2.45, 2.75) is 0 Å². The van der Waals surface area contributed by atoms with Crippen molar-refractivity contribution in [1.29, 1.82) is 0 Å². The van der Waals surface area contributed by atoms with Gasteiger partial charge in [-0.25, -0.2) is 4.79 Å². The number of ether oxygens (including phenoxy) is 1. The third-order valence-corrected chi connectivity index (χ3v) is 2.08. The van der Waals surface area contributed by atoms with Crippen molar-refractivity contribution in [3.8, 4) is 5.75 Å². The molecule has 0 saturated heterocycles. The van der Waals surface area contributed by atoms with Crippen LogP contribution in [0.4, 0.5) is 0 Å². The number of carbonyl (C=O) groups is 1. The summed E-state index contributed by atoms with van der Waals surface area (Å²) in [6.45, 7) is 0.371. The number of aromatic carboxylic acids is 1. The Labute approximate surface area is 96.5 Å². The highest BCUT2D eigenvalue weighted by Crippen LogP contribution is 2.17. The molecule has 0 unspecified atom stereocenters. The lowest BCUT2D eigenvalue weighted by Gasteiger charge is -2.05. The second-order valence-electron chi connectivity index (χ2n) is 2.74. The van der Waals surface area contributed by atoms with Crippen LogP contribution in [0, 0.1) is 0 Å². The summed E-state index contributed by atoms with van der Waals surface area (Å²) in [4.78, 5) is 10.8. The first-order chi connectivity index (χ1) is 7.25. The van der Waals surface area contributed by atoms with E-state index in [-0.39, 0.29) is 5.56 Å². The van der Waals surface area contributed by atoms with Gasteiger partial charge in [-0.05, 0) is 12.1 Å². The molecular weight excluding hydrogens is 260 g/mol. The molecule has 0 bridgehead atoms. The molecule has 1 rings (SSSR count).